The minimum Gasteiger partial charge on any atom is -0.443 e. The minimum absolute atomic E-state index is 0.213. The average Bonchev–Trinajstić information content (AvgIpc) is 2.92. The highest BCUT2D eigenvalue weighted by Crippen LogP contribution is 2.33. The Bertz CT molecular complexity index is 1560. The number of sulfonamides is 1. The lowest BCUT2D eigenvalue weighted by Gasteiger charge is -2.28. The largest absolute Gasteiger partial charge is 0.443 e. The first-order valence-corrected chi connectivity index (χ1v) is 15.4. The van der Waals surface area contributed by atoms with Gasteiger partial charge >= 0.3 is 6.09 Å². The van der Waals surface area contributed by atoms with Crippen LogP contribution in [0.2, 0.25) is 0 Å². The zero-order chi connectivity index (χ0) is 28.9. The number of fused-ring (bicyclic) bond motifs is 1. The first-order chi connectivity index (χ1) is 19.0. The van der Waals surface area contributed by atoms with Crippen molar-refractivity contribution in [3.05, 3.63) is 118 Å². The van der Waals surface area contributed by atoms with Crippen molar-refractivity contribution < 1.29 is 17.9 Å². The second-order valence-electron chi connectivity index (χ2n) is 10.4. The summed E-state index contributed by atoms with van der Waals surface area (Å²) in [6.07, 6.45) is 1.18. The maximum Gasteiger partial charge on any atom is 0.415 e. The van der Waals surface area contributed by atoms with Crippen LogP contribution in [0.4, 0.5) is 10.5 Å². The molecule has 208 valence electrons. The molecule has 0 unspecified atom stereocenters. The number of nitrogens with zero attached hydrogens (tertiary/aromatic N) is 2. The molecule has 1 amide bonds. The van der Waals surface area contributed by atoms with Crippen LogP contribution in [0, 0.1) is 3.57 Å². The van der Waals surface area contributed by atoms with Crippen molar-refractivity contribution in [3.63, 3.8) is 0 Å². The third-order valence-corrected chi connectivity index (χ3v) is 9.08. The molecule has 4 aromatic rings. The maximum absolute atomic E-state index is 14.0. The minimum atomic E-state index is -3.84. The summed E-state index contributed by atoms with van der Waals surface area (Å²) >= 11 is 2.20. The van der Waals surface area contributed by atoms with Gasteiger partial charge in [0, 0.05) is 23.2 Å². The number of rotatable bonds is 9. The fraction of sp³-hybridized carbons (Fsp3) is 0.219. The van der Waals surface area contributed by atoms with Crippen molar-refractivity contribution in [2.24, 2.45) is 0 Å². The summed E-state index contributed by atoms with van der Waals surface area (Å²) in [5.41, 5.74) is 1.85. The highest BCUT2D eigenvalue weighted by atomic mass is 127. The summed E-state index contributed by atoms with van der Waals surface area (Å²) in [4.78, 5) is 14.7. The average molecular weight is 669 g/mol. The van der Waals surface area contributed by atoms with Gasteiger partial charge in [0.1, 0.15) is 5.60 Å². The lowest BCUT2D eigenvalue weighted by Crippen LogP contribution is -2.37. The zero-order valence-corrected chi connectivity index (χ0v) is 25.9. The summed E-state index contributed by atoms with van der Waals surface area (Å²) in [5.74, 6) is 0. The number of halogens is 1. The number of amides is 1. The van der Waals surface area contributed by atoms with Crippen LogP contribution in [0.1, 0.15) is 31.9 Å². The third-order valence-electron chi connectivity index (χ3n) is 6.16. The summed E-state index contributed by atoms with van der Waals surface area (Å²) < 4.78 is 35.9. The molecule has 0 aliphatic heterocycles. The molecule has 8 heteroatoms. The smallest absolute Gasteiger partial charge is 0.415 e. The van der Waals surface area contributed by atoms with Gasteiger partial charge in [0.05, 0.1) is 10.6 Å². The quantitative estimate of drug-likeness (QED) is 0.135. The molecule has 40 heavy (non-hydrogen) atoms. The predicted octanol–water partition coefficient (Wildman–Crippen LogP) is 7.76. The van der Waals surface area contributed by atoms with Crippen LogP contribution < -0.4 is 4.90 Å². The predicted molar refractivity (Wildman–Crippen MR) is 170 cm³/mol. The number of carbonyl (C=O) groups excluding carboxylic acids is 1. The van der Waals surface area contributed by atoms with Crippen molar-refractivity contribution in [2.75, 3.05) is 11.4 Å². The number of ether oxygens (including phenoxy) is 1. The van der Waals surface area contributed by atoms with E-state index in [0.717, 1.165) is 25.5 Å². The Hall–Kier alpha value is -3.21. The van der Waals surface area contributed by atoms with E-state index in [4.69, 9.17) is 4.74 Å². The second kappa shape index (κ2) is 12.5. The summed E-state index contributed by atoms with van der Waals surface area (Å²) in [7, 11) is -3.84. The number of hydrogen-bond acceptors (Lipinski definition) is 4. The van der Waals surface area contributed by atoms with Gasteiger partial charge in [0.2, 0.25) is 10.0 Å². The standard InChI is InChI=1S/C32H33IN2O4S/c1-5-20-35(31(36)39-32(2,3)4)29-19-16-26-21-27(17-18-28(26)30(29)33)40(37,38)34(22-24-12-8-6-9-13-24)23-25-14-10-7-11-15-25/h5-19,21H,1,20,22-23H2,2-4H3. The number of anilines is 1. The summed E-state index contributed by atoms with van der Waals surface area (Å²) in [6, 6.07) is 28.0. The second-order valence-corrected chi connectivity index (χ2v) is 13.4. The Balaban J connectivity index is 1.72. The molecule has 0 heterocycles. The molecule has 0 aliphatic carbocycles. The molecule has 4 aromatic carbocycles. The van der Waals surface area contributed by atoms with Gasteiger partial charge < -0.3 is 4.74 Å². The van der Waals surface area contributed by atoms with Crippen LogP contribution in [-0.2, 0) is 27.8 Å². The van der Waals surface area contributed by atoms with Gasteiger partial charge in [0.25, 0.3) is 0 Å². The number of hydrogen-bond donors (Lipinski definition) is 0. The fourth-order valence-corrected chi connectivity index (χ4v) is 6.71. The zero-order valence-electron chi connectivity index (χ0n) is 22.9. The molecule has 0 N–H and O–H groups in total. The van der Waals surface area contributed by atoms with E-state index in [0.29, 0.717) is 5.69 Å². The Kier molecular flexibility index (Phi) is 9.33. The van der Waals surface area contributed by atoms with E-state index in [1.54, 1.807) is 24.3 Å². The Morgan fingerprint density at radius 3 is 2.00 bits per heavy atom. The fourth-order valence-electron chi connectivity index (χ4n) is 4.29. The van der Waals surface area contributed by atoms with Crippen LogP contribution in [0.15, 0.2) is 109 Å². The Morgan fingerprint density at radius 2 is 1.48 bits per heavy atom. The lowest BCUT2D eigenvalue weighted by molar-refractivity contribution is 0.0584. The molecular formula is C32H33IN2O4S. The SMILES string of the molecule is C=CCN(C(=O)OC(C)(C)C)c1ccc2cc(S(=O)(=O)N(Cc3ccccc3)Cc3ccccc3)ccc2c1I. The van der Waals surface area contributed by atoms with Crippen molar-refractivity contribution in [1.82, 2.24) is 4.31 Å². The normalized spacial score (nSPS) is 11.9. The first-order valence-electron chi connectivity index (χ1n) is 12.9. The van der Waals surface area contributed by atoms with Crippen LogP contribution in [0.25, 0.3) is 10.8 Å². The van der Waals surface area contributed by atoms with Gasteiger partial charge in [0.15, 0.2) is 0 Å². The summed E-state index contributed by atoms with van der Waals surface area (Å²) in [6.45, 7) is 10.0. The highest BCUT2D eigenvalue weighted by molar-refractivity contribution is 14.1. The van der Waals surface area contributed by atoms with E-state index in [1.807, 2.05) is 93.6 Å². The van der Waals surface area contributed by atoms with Crippen LogP contribution in [0.3, 0.4) is 0 Å². The Labute approximate surface area is 250 Å². The third kappa shape index (κ3) is 7.10. The maximum atomic E-state index is 14.0. The molecule has 0 aliphatic rings. The van der Waals surface area contributed by atoms with Gasteiger partial charge in [-0.05, 0) is 83.5 Å². The van der Waals surface area contributed by atoms with Gasteiger partial charge in [-0.25, -0.2) is 13.2 Å². The van der Waals surface area contributed by atoms with E-state index in [2.05, 4.69) is 29.2 Å². The van der Waals surface area contributed by atoms with Crippen molar-refractivity contribution in [2.45, 2.75) is 44.4 Å². The van der Waals surface area contributed by atoms with E-state index in [-0.39, 0.29) is 24.5 Å². The van der Waals surface area contributed by atoms with Gasteiger partial charge in [-0.1, -0.05) is 78.9 Å². The monoisotopic (exact) mass is 668 g/mol. The molecule has 4 rings (SSSR count). The molecule has 6 nitrogen and oxygen atoms in total. The molecule has 0 bridgehead atoms. The molecular weight excluding hydrogens is 635 g/mol. The number of benzene rings is 4. The van der Waals surface area contributed by atoms with Crippen LogP contribution in [0.5, 0.6) is 0 Å². The van der Waals surface area contributed by atoms with Crippen molar-refractivity contribution in [1.29, 1.82) is 0 Å². The number of carbonyl (C=O) groups is 1. The van der Waals surface area contributed by atoms with E-state index >= 15 is 0 Å². The topological polar surface area (TPSA) is 66.9 Å². The van der Waals surface area contributed by atoms with Gasteiger partial charge in [-0.2, -0.15) is 4.31 Å². The molecule has 0 spiro atoms. The molecule has 0 saturated heterocycles. The lowest BCUT2D eigenvalue weighted by atomic mass is 10.1. The van der Waals surface area contributed by atoms with Gasteiger partial charge in [-0.15, -0.1) is 6.58 Å². The first kappa shape index (κ1) is 29.8. The molecule has 0 atom stereocenters. The van der Waals surface area contributed by atoms with E-state index in [9.17, 15) is 13.2 Å². The van der Waals surface area contributed by atoms with Crippen molar-refractivity contribution in [3.8, 4) is 0 Å². The van der Waals surface area contributed by atoms with E-state index in [1.165, 1.54) is 9.21 Å². The van der Waals surface area contributed by atoms with Gasteiger partial charge in [-0.3, -0.25) is 4.90 Å². The molecule has 0 fully saturated rings. The van der Waals surface area contributed by atoms with E-state index < -0.39 is 21.7 Å². The van der Waals surface area contributed by atoms with Crippen molar-refractivity contribution >= 4 is 55.2 Å². The highest BCUT2D eigenvalue weighted by Gasteiger charge is 2.27. The molecule has 0 radical (unpaired) electrons. The molecule has 0 aromatic heterocycles. The molecule has 0 saturated carbocycles. The van der Waals surface area contributed by atoms with Crippen LogP contribution >= 0.6 is 22.6 Å². The Morgan fingerprint density at radius 1 is 0.900 bits per heavy atom. The summed E-state index contributed by atoms with van der Waals surface area (Å²) in [5, 5.41) is 1.60. The van der Waals surface area contributed by atoms with Crippen LogP contribution in [-0.4, -0.2) is 31.0 Å².